The number of hydrogen-bond donors (Lipinski definition) is 2. The fourth-order valence-electron chi connectivity index (χ4n) is 7.01. The maximum atomic E-state index is 5.53. The Balaban J connectivity index is 1.56. The van der Waals surface area contributed by atoms with Crippen LogP contribution in [0.2, 0.25) is 0 Å². The molecule has 4 nitrogen and oxygen atoms in total. The molecule has 3 aromatic heterocycles. The fourth-order valence-corrected chi connectivity index (χ4v) is 11.0. The summed E-state index contributed by atoms with van der Waals surface area (Å²) >= 11 is 30.4. The van der Waals surface area contributed by atoms with E-state index in [2.05, 4.69) is 253 Å². The second kappa shape index (κ2) is 15.8. The maximum absolute atomic E-state index is 5.53. The van der Waals surface area contributed by atoms with Crippen molar-refractivity contribution in [1.29, 1.82) is 0 Å². The molecule has 0 atom stereocenters. The quantitative estimate of drug-likeness (QED) is 0.136. The molecular weight excluding hydrogens is 1220 g/mol. The largest absolute Gasteiger partial charge is 0.355 e. The third kappa shape index (κ3) is 7.42. The van der Waals surface area contributed by atoms with Crippen molar-refractivity contribution in [3.05, 3.63) is 167 Å². The normalized spacial score (nSPS) is 12.3. The smallest absolute Gasteiger partial charge is 0.0816 e. The number of rotatable bonds is 4. The predicted molar refractivity (Wildman–Crippen MR) is 261 cm³/mol. The Kier molecular flexibility index (Phi) is 11.0. The molecule has 0 saturated carbocycles. The van der Waals surface area contributed by atoms with Gasteiger partial charge in [0.1, 0.15) is 0 Å². The van der Waals surface area contributed by atoms with Gasteiger partial charge in [-0.3, -0.25) is 0 Å². The lowest BCUT2D eigenvalue weighted by molar-refractivity contribution is 1.30. The van der Waals surface area contributed by atoms with Gasteiger partial charge in [-0.1, -0.05) is 94.1 Å². The first-order valence-corrected chi connectivity index (χ1v) is 23.3. The lowest BCUT2D eigenvalue weighted by atomic mass is 9.91. The molecule has 0 fully saturated rings. The molecule has 2 N–H and O–H groups in total. The molecule has 9 rings (SSSR count). The zero-order chi connectivity index (χ0) is 38.8. The molecule has 0 radical (unpaired) electrons. The first-order valence-electron chi connectivity index (χ1n) is 17.0. The van der Waals surface area contributed by atoms with E-state index in [1.165, 1.54) is 0 Å². The Labute approximate surface area is 389 Å². The second-order valence-electron chi connectivity index (χ2n) is 13.1. The molecule has 2 aliphatic heterocycles. The van der Waals surface area contributed by atoms with Gasteiger partial charge in [-0.25, -0.2) is 9.97 Å². The van der Waals surface area contributed by atoms with Crippen molar-refractivity contribution in [2.45, 2.75) is 0 Å². The van der Waals surface area contributed by atoms with Gasteiger partial charge in [0.05, 0.1) is 28.3 Å². The molecule has 274 valence electrons. The van der Waals surface area contributed by atoms with Crippen molar-refractivity contribution in [3.63, 3.8) is 0 Å². The molecule has 0 saturated heterocycles. The topological polar surface area (TPSA) is 57.4 Å². The summed E-state index contributed by atoms with van der Waals surface area (Å²) in [6.07, 6.45) is 6.27. The molecule has 7 aromatic rings. The summed E-state index contributed by atoms with van der Waals surface area (Å²) < 4.78 is 7.46. The van der Waals surface area contributed by atoms with E-state index in [0.29, 0.717) is 0 Å². The lowest BCUT2D eigenvalue weighted by Gasteiger charge is -2.16. The molecule has 0 spiro atoms. The zero-order valence-corrected chi connectivity index (χ0v) is 41.2. The van der Waals surface area contributed by atoms with Gasteiger partial charge in [-0.05, 0) is 166 Å². The Bertz CT molecular complexity index is 3000. The van der Waals surface area contributed by atoms with Crippen molar-refractivity contribution < 1.29 is 0 Å². The van der Waals surface area contributed by atoms with Crippen LogP contribution < -0.4 is 0 Å². The van der Waals surface area contributed by atoms with Crippen LogP contribution in [0.25, 0.3) is 79.2 Å². The van der Waals surface area contributed by atoms with Crippen LogP contribution in [0.4, 0.5) is 0 Å². The van der Waals surface area contributed by atoms with Gasteiger partial charge in [0.15, 0.2) is 0 Å². The summed E-state index contributed by atoms with van der Waals surface area (Å²) in [6.45, 7) is 0. The van der Waals surface area contributed by atoms with Gasteiger partial charge in [0.2, 0.25) is 0 Å². The van der Waals surface area contributed by atoms with E-state index in [4.69, 9.17) is 9.97 Å². The summed E-state index contributed by atoms with van der Waals surface area (Å²) in [4.78, 5) is 18.1. The van der Waals surface area contributed by atoms with Crippen molar-refractivity contribution >= 4 is 173 Å². The van der Waals surface area contributed by atoms with E-state index in [-0.39, 0.29) is 0 Å². The van der Waals surface area contributed by atoms with Gasteiger partial charge in [0, 0.05) is 85.7 Å². The number of nitrogens with zero attached hydrogens (tertiary/aromatic N) is 2. The van der Waals surface area contributed by atoms with Crippen LogP contribution >= 0.6 is 127 Å². The molecule has 8 bridgehead atoms. The number of hydrogen-bond acceptors (Lipinski definition) is 2. The van der Waals surface area contributed by atoms with Crippen molar-refractivity contribution in [2.24, 2.45) is 0 Å². The minimum absolute atomic E-state index is 0.800. The third-order valence-corrected chi connectivity index (χ3v) is 16.3. The highest BCUT2D eigenvalue weighted by Crippen LogP contribution is 2.50. The number of aromatic amines is 2. The van der Waals surface area contributed by atoms with E-state index < -0.39 is 0 Å². The summed E-state index contributed by atoms with van der Waals surface area (Å²) in [7, 11) is 0. The van der Waals surface area contributed by atoms with Crippen LogP contribution in [0.3, 0.4) is 0 Å². The Morgan fingerprint density at radius 3 is 1.70 bits per heavy atom. The monoisotopic (exact) mass is 1240 g/mol. The molecule has 5 heterocycles. The van der Waals surface area contributed by atoms with Gasteiger partial charge in [-0.15, -0.1) is 0 Å². The van der Waals surface area contributed by atoms with Gasteiger partial charge >= 0.3 is 0 Å². The lowest BCUT2D eigenvalue weighted by Crippen LogP contribution is -1.95. The van der Waals surface area contributed by atoms with Crippen molar-refractivity contribution in [3.8, 4) is 33.4 Å². The van der Waals surface area contributed by atoms with Crippen molar-refractivity contribution in [1.82, 2.24) is 19.9 Å². The van der Waals surface area contributed by atoms with Crippen LogP contribution in [0.5, 0.6) is 0 Å². The van der Waals surface area contributed by atoms with Gasteiger partial charge < -0.3 is 9.97 Å². The molecule has 2 aliphatic rings. The average Bonchev–Trinajstić information content (AvgIpc) is 3.98. The Morgan fingerprint density at radius 1 is 0.429 bits per heavy atom. The molecule has 0 unspecified atom stereocenters. The first-order chi connectivity index (χ1) is 27.0. The highest BCUT2D eigenvalue weighted by atomic mass is 79.9. The van der Waals surface area contributed by atoms with E-state index in [9.17, 15) is 0 Å². The van der Waals surface area contributed by atoms with Crippen LogP contribution in [-0.2, 0) is 0 Å². The molecule has 4 aromatic carbocycles. The van der Waals surface area contributed by atoms with E-state index in [0.717, 1.165) is 125 Å². The van der Waals surface area contributed by atoms with Crippen LogP contribution in [-0.4, -0.2) is 19.9 Å². The number of fused-ring (bicyclic) bond motifs is 8. The third-order valence-electron chi connectivity index (χ3n) is 9.48. The molecule has 0 amide bonds. The summed E-state index contributed by atoms with van der Waals surface area (Å²) in [5, 5.41) is 0. The summed E-state index contributed by atoms with van der Waals surface area (Å²) in [5.74, 6) is 0. The molecule has 56 heavy (non-hydrogen) atoms. The number of aromatic nitrogens is 4. The highest BCUT2D eigenvalue weighted by molar-refractivity contribution is 9.15. The molecule has 0 aliphatic carbocycles. The second-order valence-corrected chi connectivity index (χ2v) is 19.9. The maximum Gasteiger partial charge on any atom is 0.0816 e. The van der Waals surface area contributed by atoms with Gasteiger partial charge in [-0.2, -0.15) is 0 Å². The minimum Gasteiger partial charge on any atom is -0.355 e. The summed E-state index contributed by atoms with van der Waals surface area (Å²) in [5.41, 5.74) is 15.0. The fraction of sp³-hybridized carbons (Fsp3) is 0. The number of benzene rings is 4. The van der Waals surface area contributed by atoms with Crippen LogP contribution in [0.1, 0.15) is 28.3 Å². The zero-order valence-electron chi connectivity index (χ0n) is 28.5. The van der Waals surface area contributed by atoms with E-state index in [1.807, 2.05) is 6.08 Å². The minimum atomic E-state index is 0.800. The SMILES string of the molecule is Brc1ccc(-c2c(-c3ccc(Br)cc3)c3[nH]c2cc2nc(cc4ccc(cc5nc(c3-c3ccc(Br)cc3Br)C(c3cc(Br)c(Br)c(Br)c3Br)=C5)[nH]4)C=C2)cc1. The molecular formula is C44H22Br8N4. The number of halogens is 8. The van der Waals surface area contributed by atoms with E-state index in [1.54, 1.807) is 0 Å². The standard InChI is InChI=1S/C44H22Br8N4/c45-23-5-1-21(2-6-23)37-36-19-29-13-12-27(54-29)16-26-10-11-28(53-26)17-30-18-33(32-20-35(49)41(51)42(52)40(32)50)43(55-30)39(31-14-9-25(47)15-34(31)48)44(56-36)38(37)22-3-7-24(46)8-4-22/h1-20,53,56H. The first kappa shape index (κ1) is 38.8. The summed E-state index contributed by atoms with van der Waals surface area (Å²) in [6, 6.07) is 35.8. The van der Waals surface area contributed by atoms with E-state index >= 15 is 0 Å². The number of nitrogens with one attached hydrogen (secondary N) is 2. The van der Waals surface area contributed by atoms with Crippen LogP contribution in [0, 0.1) is 0 Å². The van der Waals surface area contributed by atoms with Gasteiger partial charge in [0.25, 0.3) is 0 Å². The Morgan fingerprint density at radius 2 is 1.04 bits per heavy atom. The van der Waals surface area contributed by atoms with Crippen molar-refractivity contribution in [2.75, 3.05) is 0 Å². The highest BCUT2D eigenvalue weighted by Gasteiger charge is 2.27. The average molecular weight is 1250 g/mol. The van der Waals surface area contributed by atoms with Crippen LogP contribution in [0.15, 0.2) is 139 Å². The molecule has 12 heteroatoms. The predicted octanol–water partition coefficient (Wildman–Crippen LogP) is 17.2. The Hall–Kier alpha value is -2.68. The number of H-pyrrole nitrogens is 2.